The zero-order valence-corrected chi connectivity index (χ0v) is 11.3. The van der Waals surface area contributed by atoms with Gasteiger partial charge in [-0.25, -0.2) is 0 Å². The molecule has 0 aliphatic rings. The van der Waals surface area contributed by atoms with Gasteiger partial charge in [-0.15, -0.1) is 0 Å². The summed E-state index contributed by atoms with van der Waals surface area (Å²) in [5, 5.41) is 0. The van der Waals surface area contributed by atoms with Crippen LogP contribution in [0.1, 0.15) is 19.4 Å². The van der Waals surface area contributed by atoms with Gasteiger partial charge in [0.15, 0.2) is 5.78 Å². The van der Waals surface area contributed by atoms with E-state index in [1.165, 1.54) is 0 Å². The number of benzene rings is 2. The topological polar surface area (TPSA) is 26.3 Å². The maximum absolute atomic E-state index is 12.3. The first kappa shape index (κ1) is 13.3. The van der Waals surface area contributed by atoms with Crippen LogP contribution in [0.25, 0.3) is 0 Å². The lowest BCUT2D eigenvalue weighted by Gasteiger charge is -2.23. The van der Waals surface area contributed by atoms with Crippen molar-refractivity contribution in [3.05, 3.63) is 66.2 Å². The number of ketones is 1. The molecule has 0 aliphatic carbocycles. The van der Waals surface area contributed by atoms with Gasteiger partial charge >= 0.3 is 0 Å². The Bertz CT molecular complexity index is 530. The first-order valence-electron chi connectivity index (χ1n) is 6.37. The second-order valence-electron chi connectivity index (χ2n) is 5.02. The fourth-order valence-corrected chi connectivity index (χ4v) is 1.86. The van der Waals surface area contributed by atoms with E-state index in [1.54, 1.807) is 0 Å². The lowest BCUT2D eigenvalue weighted by Crippen LogP contribution is -2.33. The highest BCUT2D eigenvalue weighted by Gasteiger charge is 2.29. The normalized spacial score (nSPS) is 11.1. The van der Waals surface area contributed by atoms with Crippen LogP contribution in [-0.4, -0.2) is 12.4 Å². The van der Waals surface area contributed by atoms with Gasteiger partial charge in [-0.05, 0) is 31.5 Å². The van der Waals surface area contributed by atoms with E-state index in [-0.39, 0.29) is 12.4 Å². The Labute approximate surface area is 114 Å². The van der Waals surface area contributed by atoms with Gasteiger partial charge in [0.2, 0.25) is 0 Å². The number of hydrogen-bond donors (Lipinski definition) is 0. The van der Waals surface area contributed by atoms with E-state index in [0.717, 1.165) is 11.3 Å². The fourth-order valence-electron chi connectivity index (χ4n) is 1.86. The van der Waals surface area contributed by atoms with Crippen molar-refractivity contribution in [2.75, 3.05) is 6.61 Å². The summed E-state index contributed by atoms with van der Waals surface area (Å²) >= 11 is 0. The van der Waals surface area contributed by atoms with E-state index in [0.29, 0.717) is 0 Å². The number of Topliss-reactive ketones (excluding diaryl/α,β-unsaturated/α-hetero) is 1. The largest absolute Gasteiger partial charge is 0.486 e. The Morgan fingerprint density at radius 3 is 2.05 bits per heavy atom. The van der Waals surface area contributed by atoms with Crippen molar-refractivity contribution >= 4 is 5.78 Å². The highest BCUT2D eigenvalue weighted by molar-refractivity contribution is 5.90. The first-order chi connectivity index (χ1) is 9.10. The van der Waals surface area contributed by atoms with Crippen molar-refractivity contribution in [1.82, 2.24) is 0 Å². The van der Waals surface area contributed by atoms with Gasteiger partial charge in [-0.1, -0.05) is 48.5 Å². The molecule has 0 atom stereocenters. The monoisotopic (exact) mass is 254 g/mol. The van der Waals surface area contributed by atoms with Gasteiger partial charge in [0.25, 0.3) is 0 Å². The predicted molar refractivity (Wildman–Crippen MR) is 76.4 cm³/mol. The molecule has 0 saturated heterocycles. The molecule has 2 heteroatoms. The Kier molecular flexibility index (Phi) is 4.00. The van der Waals surface area contributed by atoms with Crippen molar-refractivity contribution in [3.63, 3.8) is 0 Å². The summed E-state index contributed by atoms with van der Waals surface area (Å²) in [5.74, 6) is 0.794. The number of ether oxygens (including phenoxy) is 1. The van der Waals surface area contributed by atoms with Crippen molar-refractivity contribution < 1.29 is 9.53 Å². The smallest absolute Gasteiger partial charge is 0.180 e. The summed E-state index contributed by atoms with van der Waals surface area (Å²) in [5.41, 5.74) is 0.479. The number of hydrogen-bond acceptors (Lipinski definition) is 2. The number of rotatable bonds is 5. The van der Waals surface area contributed by atoms with Crippen LogP contribution in [0.15, 0.2) is 60.7 Å². The van der Waals surface area contributed by atoms with E-state index >= 15 is 0 Å². The molecule has 2 nitrogen and oxygen atoms in total. The Morgan fingerprint density at radius 2 is 1.47 bits per heavy atom. The minimum Gasteiger partial charge on any atom is -0.486 e. The van der Waals surface area contributed by atoms with Crippen LogP contribution < -0.4 is 4.74 Å². The molecule has 0 spiro atoms. The standard InChI is InChI=1S/C17H18O2/c1-17(2,14-9-5-3-6-10-14)16(18)13-19-15-11-7-4-8-12-15/h3-12H,13H2,1-2H3. The number of carbonyl (C=O) groups is 1. The van der Waals surface area contributed by atoms with E-state index in [9.17, 15) is 4.79 Å². The molecule has 0 aromatic heterocycles. The van der Waals surface area contributed by atoms with Gasteiger partial charge in [-0.2, -0.15) is 0 Å². The second kappa shape index (κ2) is 5.70. The van der Waals surface area contributed by atoms with Crippen molar-refractivity contribution in [1.29, 1.82) is 0 Å². The molecule has 98 valence electrons. The third-order valence-corrected chi connectivity index (χ3v) is 3.31. The lowest BCUT2D eigenvalue weighted by molar-refractivity contribution is -0.125. The molecular weight excluding hydrogens is 236 g/mol. The van der Waals surface area contributed by atoms with E-state index in [4.69, 9.17) is 4.74 Å². The summed E-state index contributed by atoms with van der Waals surface area (Å²) < 4.78 is 5.53. The maximum Gasteiger partial charge on any atom is 0.180 e. The van der Waals surface area contributed by atoms with Gasteiger partial charge in [0, 0.05) is 0 Å². The van der Waals surface area contributed by atoms with Crippen LogP contribution in [0, 0.1) is 0 Å². The molecule has 0 unspecified atom stereocenters. The average molecular weight is 254 g/mol. The van der Waals surface area contributed by atoms with Crippen LogP contribution in [0.4, 0.5) is 0 Å². The van der Waals surface area contributed by atoms with E-state index < -0.39 is 5.41 Å². The first-order valence-corrected chi connectivity index (χ1v) is 6.37. The minimum atomic E-state index is -0.532. The molecule has 0 radical (unpaired) electrons. The van der Waals surface area contributed by atoms with E-state index in [1.807, 2.05) is 74.5 Å². The molecule has 0 fully saturated rings. The molecular formula is C17H18O2. The Balaban J connectivity index is 2.03. The highest BCUT2D eigenvalue weighted by atomic mass is 16.5. The summed E-state index contributed by atoms with van der Waals surface area (Å²) in [6, 6.07) is 19.2. The molecule has 0 aliphatic heterocycles. The van der Waals surface area contributed by atoms with Crippen LogP contribution >= 0.6 is 0 Å². The summed E-state index contributed by atoms with van der Waals surface area (Å²) in [7, 11) is 0. The molecule has 0 N–H and O–H groups in total. The van der Waals surface area contributed by atoms with Crippen molar-refractivity contribution in [2.45, 2.75) is 19.3 Å². The summed E-state index contributed by atoms with van der Waals surface area (Å²) in [4.78, 5) is 12.3. The van der Waals surface area contributed by atoms with Crippen molar-refractivity contribution in [2.24, 2.45) is 0 Å². The highest BCUT2D eigenvalue weighted by Crippen LogP contribution is 2.24. The number of para-hydroxylation sites is 1. The third-order valence-electron chi connectivity index (χ3n) is 3.31. The predicted octanol–water partition coefficient (Wildman–Crippen LogP) is 3.61. The Hall–Kier alpha value is -2.09. The zero-order chi connectivity index (χ0) is 13.7. The maximum atomic E-state index is 12.3. The van der Waals surface area contributed by atoms with Crippen LogP contribution in [0.5, 0.6) is 5.75 Å². The van der Waals surface area contributed by atoms with Gasteiger partial charge in [-0.3, -0.25) is 4.79 Å². The zero-order valence-electron chi connectivity index (χ0n) is 11.3. The fraction of sp³-hybridized carbons (Fsp3) is 0.235. The van der Waals surface area contributed by atoms with Gasteiger partial charge in [0.05, 0.1) is 5.41 Å². The van der Waals surface area contributed by atoms with Crippen LogP contribution in [0.2, 0.25) is 0 Å². The SMILES string of the molecule is CC(C)(C(=O)COc1ccccc1)c1ccccc1. The second-order valence-corrected chi connectivity index (χ2v) is 5.02. The minimum absolute atomic E-state index is 0.0718. The molecule has 19 heavy (non-hydrogen) atoms. The quantitative estimate of drug-likeness (QED) is 0.814. The molecule has 0 bridgehead atoms. The number of carbonyl (C=O) groups excluding carboxylic acids is 1. The summed E-state index contributed by atoms with van der Waals surface area (Å²) in [6.07, 6.45) is 0. The average Bonchev–Trinajstić information content (AvgIpc) is 2.46. The van der Waals surface area contributed by atoms with E-state index in [2.05, 4.69) is 0 Å². The lowest BCUT2D eigenvalue weighted by atomic mass is 9.81. The molecule has 0 saturated carbocycles. The molecule has 2 aromatic rings. The van der Waals surface area contributed by atoms with Crippen molar-refractivity contribution in [3.8, 4) is 5.75 Å². The van der Waals surface area contributed by atoms with Gasteiger partial charge < -0.3 is 4.74 Å². The molecule has 2 rings (SSSR count). The molecule has 0 heterocycles. The molecule has 2 aromatic carbocycles. The third kappa shape index (κ3) is 3.22. The van der Waals surface area contributed by atoms with Crippen LogP contribution in [0.3, 0.4) is 0 Å². The van der Waals surface area contributed by atoms with Crippen LogP contribution in [-0.2, 0) is 10.2 Å². The van der Waals surface area contributed by atoms with Gasteiger partial charge in [0.1, 0.15) is 12.4 Å². The molecule has 0 amide bonds. The summed E-state index contributed by atoms with van der Waals surface area (Å²) in [6.45, 7) is 3.95. The Morgan fingerprint density at radius 1 is 0.947 bits per heavy atom.